The molecule has 65 heavy (non-hydrogen) atoms. The Morgan fingerprint density at radius 2 is 1.71 bits per heavy atom. The molecule has 350 valence electrons. The van der Waals surface area contributed by atoms with Crippen LogP contribution in [0.5, 0.6) is 0 Å². The molecule has 0 amide bonds. The fraction of sp³-hybridized carbons (Fsp3) is 0.467. The number of alkyl halides is 3. The highest BCUT2D eigenvalue weighted by molar-refractivity contribution is 8.03. The number of hydrogen-bond donors (Lipinski definition) is 2. The summed E-state index contributed by atoms with van der Waals surface area (Å²) in [7, 11) is -10.6. The average molecular weight is 976 g/mol. The highest BCUT2D eigenvalue weighted by Gasteiger charge is 2.48. The van der Waals surface area contributed by atoms with Gasteiger partial charge >= 0.3 is 5.51 Å². The maximum atomic E-state index is 14.3. The first-order valence-electron chi connectivity index (χ1n) is 22.0. The second-order valence-electron chi connectivity index (χ2n) is 16.8. The van der Waals surface area contributed by atoms with Gasteiger partial charge in [0.1, 0.15) is 10.7 Å². The summed E-state index contributed by atoms with van der Waals surface area (Å²) in [5.74, 6) is 0.903. The molecule has 0 saturated carbocycles. The molecule has 0 bridgehead atoms. The first kappa shape index (κ1) is 47.5. The molecule has 0 radical (unpaired) electrons. The highest BCUT2D eigenvalue weighted by Crippen LogP contribution is 2.38. The largest absolute Gasteiger partial charge is 0.501 e. The number of fused-ring (bicyclic) bond motifs is 1. The quantitative estimate of drug-likeness (QED) is 0.112. The summed E-state index contributed by atoms with van der Waals surface area (Å²) >= 11 is 7.72. The lowest BCUT2D eigenvalue weighted by molar-refractivity contribution is -0.0435. The van der Waals surface area contributed by atoms with Gasteiger partial charge in [-0.1, -0.05) is 66.2 Å². The Morgan fingerprint density at radius 3 is 2.48 bits per heavy atom. The van der Waals surface area contributed by atoms with E-state index in [1.165, 1.54) is 11.1 Å². The SMILES string of the molecule is O=S(=O)(Nc1nnc2n1CCN(C1CCCN(Cc3ccccc3-c3ccc(Cl)cc3)CC1)C2)c1ccc(N[C@H](CCN2CCOCC2)CSC2=CC=CCC2)c(S(=O)(=O)C(F)(F)F)c1. The van der Waals surface area contributed by atoms with Crippen molar-refractivity contribution in [3.63, 3.8) is 0 Å². The van der Waals surface area contributed by atoms with Crippen LogP contribution in [-0.2, 0) is 44.2 Å². The van der Waals surface area contributed by atoms with E-state index < -0.39 is 41.2 Å². The Bertz CT molecular complexity index is 2570. The molecule has 13 nitrogen and oxygen atoms in total. The molecule has 4 aromatic rings. The van der Waals surface area contributed by atoms with E-state index in [2.05, 4.69) is 59.2 Å². The first-order chi connectivity index (χ1) is 31.2. The number of nitrogens with zero attached hydrogens (tertiary/aromatic N) is 6. The van der Waals surface area contributed by atoms with E-state index in [9.17, 15) is 30.0 Å². The summed E-state index contributed by atoms with van der Waals surface area (Å²) in [6.07, 6.45) is 11.2. The van der Waals surface area contributed by atoms with Crippen LogP contribution in [0.2, 0.25) is 5.02 Å². The molecule has 2 N–H and O–H groups in total. The summed E-state index contributed by atoms with van der Waals surface area (Å²) in [6, 6.07) is 18.9. The van der Waals surface area contributed by atoms with Crippen molar-refractivity contribution in [3.05, 3.63) is 106 Å². The minimum Gasteiger partial charge on any atom is -0.380 e. The second kappa shape index (κ2) is 20.9. The van der Waals surface area contributed by atoms with Crippen molar-refractivity contribution in [2.75, 3.05) is 68.3 Å². The van der Waals surface area contributed by atoms with E-state index in [0.29, 0.717) is 81.6 Å². The lowest BCUT2D eigenvalue weighted by Gasteiger charge is -2.34. The molecule has 1 unspecified atom stereocenters. The van der Waals surface area contributed by atoms with Gasteiger partial charge in [0.25, 0.3) is 19.9 Å². The number of nitrogens with one attached hydrogen (secondary N) is 2. The van der Waals surface area contributed by atoms with Crippen LogP contribution in [0, 0.1) is 0 Å². The third-order valence-electron chi connectivity index (χ3n) is 12.4. The summed E-state index contributed by atoms with van der Waals surface area (Å²) in [5.41, 5.74) is -2.46. The van der Waals surface area contributed by atoms with Crippen LogP contribution < -0.4 is 10.0 Å². The second-order valence-corrected chi connectivity index (χ2v) is 22.0. The zero-order chi connectivity index (χ0) is 45.6. The Morgan fingerprint density at radius 1 is 0.908 bits per heavy atom. The fourth-order valence-corrected chi connectivity index (χ4v) is 12.1. The summed E-state index contributed by atoms with van der Waals surface area (Å²) < 4.78 is 106. The molecular formula is C45H54ClF3N8O5S3. The van der Waals surface area contributed by atoms with E-state index in [1.807, 2.05) is 42.5 Å². The van der Waals surface area contributed by atoms with Gasteiger partial charge in [-0.3, -0.25) is 19.3 Å². The molecule has 2 saturated heterocycles. The van der Waals surface area contributed by atoms with Gasteiger partial charge in [-0.15, -0.1) is 22.0 Å². The molecule has 8 rings (SSSR count). The molecule has 1 aromatic heterocycles. The molecule has 3 aliphatic heterocycles. The topological polar surface area (TPSA) is 142 Å². The number of ether oxygens (including phenoxy) is 1. The predicted octanol–water partition coefficient (Wildman–Crippen LogP) is 8.03. The molecule has 4 heterocycles. The van der Waals surface area contributed by atoms with Crippen LogP contribution >= 0.6 is 23.4 Å². The van der Waals surface area contributed by atoms with E-state index >= 15 is 0 Å². The number of rotatable bonds is 16. The van der Waals surface area contributed by atoms with E-state index in [0.717, 1.165) is 74.3 Å². The van der Waals surface area contributed by atoms with Gasteiger partial charge in [0.05, 0.1) is 30.3 Å². The zero-order valence-electron chi connectivity index (χ0n) is 35.9. The molecule has 3 aromatic carbocycles. The van der Waals surface area contributed by atoms with Crippen molar-refractivity contribution in [1.29, 1.82) is 0 Å². The van der Waals surface area contributed by atoms with E-state index in [4.69, 9.17) is 16.3 Å². The fourth-order valence-electron chi connectivity index (χ4n) is 8.84. The Labute approximate surface area is 388 Å². The number of benzene rings is 3. The van der Waals surface area contributed by atoms with Gasteiger partial charge in [-0.05, 0) is 104 Å². The van der Waals surface area contributed by atoms with Gasteiger partial charge in [0, 0.05) is 62.1 Å². The van der Waals surface area contributed by atoms with Crippen molar-refractivity contribution < 1.29 is 34.7 Å². The maximum absolute atomic E-state index is 14.3. The van der Waals surface area contributed by atoms with Gasteiger partial charge in [0.2, 0.25) is 5.95 Å². The van der Waals surface area contributed by atoms with Crippen molar-refractivity contribution in [2.45, 2.75) is 85.5 Å². The molecule has 2 atom stereocenters. The van der Waals surface area contributed by atoms with E-state index in [-0.39, 0.29) is 17.7 Å². The lowest BCUT2D eigenvalue weighted by atomic mass is 9.99. The first-order valence-corrected chi connectivity index (χ1v) is 26.3. The van der Waals surface area contributed by atoms with Crippen molar-refractivity contribution in [1.82, 2.24) is 29.5 Å². The van der Waals surface area contributed by atoms with Crippen LogP contribution in [-0.4, -0.2) is 122 Å². The molecular weight excluding hydrogens is 921 g/mol. The number of sulfonamides is 1. The van der Waals surface area contributed by atoms with Gasteiger partial charge in [-0.25, -0.2) is 21.6 Å². The monoisotopic (exact) mass is 974 g/mol. The third-order valence-corrected chi connectivity index (χ3v) is 16.8. The number of likely N-dealkylation sites (tertiary alicyclic amines) is 1. The predicted molar refractivity (Wildman–Crippen MR) is 249 cm³/mol. The number of thioether (sulfide) groups is 1. The lowest BCUT2D eigenvalue weighted by Crippen LogP contribution is -2.42. The average Bonchev–Trinajstić information content (AvgIpc) is 3.54. The number of aromatic nitrogens is 3. The summed E-state index contributed by atoms with van der Waals surface area (Å²) in [5, 5.41) is 12.2. The summed E-state index contributed by atoms with van der Waals surface area (Å²) in [6.45, 7) is 7.27. The van der Waals surface area contributed by atoms with Crippen LogP contribution in [0.4, 0.5) is 24.8 Å². The van der Waals surface area contributed by atoms with Gasteiger partial charge in [0.15, 0.2) is 0 Å². The zero-order valence-corrected chi connectivity index (χ0v) is 39.1. The molecule has 1 aliphatic carbocycles. The Hall–Kier alpha value is -3.95. The van der Waals surface area contributed by atoms with Crippen molar-refractivity contribution in [2.24, 2.45) is 0 Å². The van der Waals surface area contributed by atoms with Crippen LogP contribution in [0.1, 0.15) is 49.9 Å². The minimum atomic E-state index is -5.99. The molecule has 0 spiro atoms. The minimum absolute atomic E-state index is 0.0967. The van der Waals surface area contributed by atoms with Crippen LogP contribution in [0.3, 0.4) is 0 Å². The standard InChI is InChI=1S/C45H54ClF3N8O5S3/c46-35-14-12-33(13-15-35)40-11-5-4-7-34(40)30-55-20-6-8-37(19-22-55)56-23-24-57-43(31-56)51-52-44(57)53-65(60,61)39-16-17-41(42(29-39)64(58,59)45(47,48)49)50-36(18-21-54-25-27-62-28-26-54)32-63-38-9-2-1-3-10-38/h1-2,4-5,7,9,11-17,29,36-37,50H,3,6,8,10,18-28,30-32H2,(H,52,53)/t36-,37?/m1/s1. The number of allylic oxidation sites excluding steroid dienone is 4. The Balaban J connectivity index is 0.942. The number of sulfone groups is 1. The smallest absolute Gasteiger partial charge is 0.380 e. The van der Waals surface area contributed by atoms with Crippen molar-refractivity contribution in [3.8, 4) is 11.1 Å². The number of morpholine rings is 1. The normalized spacial score (nSPS) is 19.9. The van der Waals surface area contributed by atoms with Crippen LogP contribution in [0.25, 0.3) is 11.1 Å². The summed E-state index contributed by atoms with van der Waals surface area (Å²) in [4.78, 5) is 6.32. The number of anilines is 2. The maximum Gasteiger partial charge on any atom is 0.501 e. The van der Waals surface area contributed by atoms with Crippen LogP contribution in [0.15, 0.2) is 99.7 Å². The molecule has 20 heteroatoms. The van der Waals surface area contributed by atoms with Crippen molar-refractivity contribution >= 4 is 54.9 Å². The Kier molecular flexibility index (Phi) is 15.3. The number of halogens is 4. The highest BCUT2D eigenvalue weighted by atomic mass is 35.5. The van der Waals surface area contributed by atoms with E-state index in [1.54, 1.807) is 16.3 Å². The third kappa shape index (κ3) is 11.8. The molecule has 4 aliphatic rings. The van der Waals surface area contributed by atoms with Gasteiger partial charge < -0.3 is 10.1 Å². The molecule has 2 fully saturated rings. The van der Waals surface area contributed by atoms with Gasteiger partial charge in [-0.2, -0.15) is 13.2 Å². The number of hydrogen-bond acceptors (Lipinski definition) is 12.